The van der Waals surface area contributed by atoms with Crippen LogP contribution in [0, 0.1) is 0 Å². The Balaban J connectivity index is 2.14. The number of hydrogen-bond acceptors (Lipinski definition) is 4. The number of nitrogens with one attached hydrogen (secondary N) is 1. The second-order valence-corrected chi connectivity index (χ2v) is 4.59. The highest BCUT2D eigenvalue weighted by molar-refractivity contribution is 6.00. The minimum Gasteiger partial charge on any atom is -0.399 e. The number of rotatable bonds is 3. The third-order valence-corrected chi connectivity index (χ3v) is 3.31. The molecule has 0 saturated heterocycles. The van der Waals surface area contributed by atoms with Gasteiger partial charge in [-0.2, -0.15) is 0 Å². The summed E-state index contributed by atoms with van der Waals surface area (Å²) in [5.74, 6) is -0.253. The molecule has 92 valence electrons. The molecule has 5 nitrogen and oxygen atoms in total. The molecule has 0 unspecified atom stereocenters. The van der Waals surface area contributed by atoms with E-state index in [4.69, 9.17) is 11.5 Å². The Morgan fingerprint density at radius 2 is 2.12 bits per heavy atom. The van der Waals surface area contributed by atoms with E-state index in [1.807, 2.05) is 0 Å². The van der Waals surface area contributed by atoms with Crippen molar-refractivity contribution in [3.05, 3.63) is 23.8 Å². The van der Waals surface area contributed by atoms with Crippen LogP contribution < -0.4 is 16.8 Å². The molecular weight excluding hydrogens is 218 g/mol. The molecule has 0 aliphatic heterocycles. The van der Waals surface area contributed by atoms with Gasteiger partial charge in [-0.05, 0) is 37.5 Å². The molecule has 1 amide bonds. The van der Waals surface area contributed by atoms with E-state index in [9.17, 15) is 9.90 Å². The Labute approximate surface area is 99.8 Å². The fourth-order valence-corrected chi connectivity index (χ4v) is 2.02. The van der Waals surface area contributed by atoms with E-state index in [1.54, 1.807) is 18.2 Å². The molecule has 1 aliphatic carbocycles. The number of nitrogens with two attached hydrogens (primary N) is 2. The van der Waals surface area contributed by atoms with Crippen LogP contribution in [0.3, 0.4) is 0 Å². The molecule has 2 rings (SSSR count). The topological polar surface area (TPSA) is 101 Å². The summed E-state index contributed by atoms with van der Waals surface area (Å²) >= 11 is 0. The molecule has 0 aromatic heterocycles. The van der Waals surface area contributed by atoms with Gasteiger partial charge in [-0.3, -0.25) is 4.79 Å². The van der Waals surface area contributed by atoms with E-state index >= 15 is 0 Å². The average Bonchev–Trinajstić information content (AvgIpc) is 2.23. The fraction of sp³-hybridized carbons (Fsp3) is 0.417. The van der Waals surface area contributed by atoms with Crippen molar-refractivity contribution in [2.24, 2.45) is 0 Å². The van der Waals surface area contributed by atoms with Gasteiger partial charge in [0.25, 0.3) is 5.91 Å². The van der Waals surface area contributed by atoms with Crippen LogP contribution >= 0.6 is 0 Å². The van der Waals surface area contributed by atoms with Crippen molar-refractivity contribution in [2.75, 3.05) is 18.1 Å². The van der Waals surface area contributed by atoms with Gasteiger partial charge in [0.2, 0.25) is 0 Å². The van der Waals surface area contributed by atoms with Crippen LogP contribution in [-0.2, 0) is 0 Å². The van der Waals surface area contributed by atoms with Gasteiger partial charge < -0.3 is 21.9 Å². The molecular formula is C12H17N3O2. The zero-order chi connectivity index (χ0) is 12.5. The highest BCUT2D eigenvalue weighted by Gasteiger charge is 2.38. The van der Waals surface area contributed by atoms with E-state index in [-0.39, 0.29) is 12.5 Å². The minimum atomic E-state index is -0.453. The first-order valence-corrected chi connectivity index (χ1v) is 5.65. The van der Waals surface area contributed by atoms with Gasteiger partial charge in [0, 0.05) is 11.4 Å². The Kier molecular flexibility index (Phi) is 2.93. The number of aliphatic hydroxyl groups excluding tert-OH is 1. The Bertz CT molecular complexity index is 436. The first kappa shape index (κ1) is 11.7. The fourth-order valence-electron chi connectivity index (χ4n) is 2.02. The molecule has 0 spiro atoms. The van der Waals surface area contributed by atoms with Gasteiger partial charge in [-0.25, -0.2) is 0 Å². The number of aliphatic hydroxyl groups is 1. The van der Waals surface area contributed by atoms with Crippen LogP contribution in [0.1, 0.15) is 29.6 Å². The summed E-state index contributed by atoms with van der Waals surface area (Å²) in [5.41, 5.74) is 12.1. The maximum absolute atomic E-state index is 12.0. The molecule has 1 aromatic carbocycles. The van der Waals surface area contributed by atoms with Gasteiger partial charge in [-0.15, -0.1) is 0 Å². The summed E-state index contributed by atoms with van der Waals surface area (Å²) in [6.45, 7) is -0.0341. The van der Waals surface area contributed by atoms with E-state index in [0.29, 0.717) is 16.9 Å². The van der Waals surface area contributed by atoms with E-state index < -0.39 is 5.54 Å². The number of carbonyl (C=O) groups is 1. The second-order valence-electron chi connectivity index (χ2n) is 4.59. The molecule has 0 bridgehead atoms. The lowest BCUT2D eigenvalue weighted by Crippen LogP contribution is -2.56. The van der Waals surface area contributed by atoms with Crippen molar-refractivity contribution in [1.82, 2.24) is 5.32 Å². The lowest BCUT2D eigenvalue weighted by atomic mass is 9.77. The second kappa shape index (κ2) is 4.25. The smallest absolute Gasteiger partial charge is 0.253 e. The Hall–Kier alpha value is -1.75. The number of nitrogen functional groups attached to an aromatic ring is 2. The van der Waals surface area contributed by atoms with Crippen molar-refractivity contribution in [2.45, 2.75) is 24.8 Å². The SMILES string of the molecule is Nc1ccc(C(=O)NC2(CO)CCC2)c(N)c1. The number of benzene rings is 1. The minimum absolute atomic E-state index is 0.0341. The standard InChI is InChI=1S/C12H17N3O2/c13-8-2-3-9(10(14)6-8)11(17)15-12(7-16)4-1-5-12/h2-3,6,16H,1,4-5,7,13-14H2,(H,15,17). The zero-order valence-corrected chi connectivity index (χ0v) is 9.57. The van der Waals surface area contributed by atoms with E-state index in [2.05, 4.69) is 5.32 Å². The lowest BCUT2D eigenvalue weighted by Gasteiger charge is -2.41. The molecule has 1 saturated carbocycles. The summed E-state index contributed by atoms with van der Waals surface area (Å²) < 4.78 is 0. The molecule has 17 heavy (non-hydrogen) atoms. The average molecular weight is 235 g/mol. The molecule has 5 heteroatoms. The first-order chi connectivity index (χ1) is 8.06. The molecule has 6 N–H and O–H groups in total. The molecule has 0 atom stereocenters. The molecule has 1 fully saturated rings. The van der Waals surface area contributed by atoms with E-state index in [0.717, 1.165) is 19.3 Å². The summed E-state index contributed by atoms with van der Waals surface area (Å²) in [6, 6.07) is 4.79. The third kappa shape index (κ3) is 2.19. The maximum atomic E-state index is 12.0. The molecule has 1 aromatic rings. The van der Waals surface area contributed by atoms with Crippen LogP contribution in [0.5, 0.6) is 0 Å². The normalized spacial score (nSPS) is 17.2. The van der Waals surface area contributed by atoms with Crippen LogP contribution in [-0.4, -0.2) is 23.2 Å². The van der Waals surface area contributed by atoms with Crippen molar-refractivity contribution in [1.29, 1.82) is 0 Å². The van der Waals surface area contributed by atoms with Gasteiger partial charge in [0.15, 0.2) is 0 Å². The monoisotopic (exact) mass is 235 g/mol. The molecule has 0 radical (unpaired) electrons. The summed E-state index contributed by atoms with van der Waals surface area (Å²) in [4.78, 5) is 12.0. The highest BCUT2D eigenvalue weighted by atomic mass is 16.3. The molecule has 1 aliphatic rings. The predicted molar refractivity (Wildman–Crippen MR) is 66.4 cm³/mol. The zero-order valence-electron chi connectivity index (χ0n) is 9.57. The number of carbonyl (C=O) groups excluding carboxylic acids is 1. The largest absolute Gasteiger partial charge is 0.399 e. The van der Waals surface area contributed by atoms with Gasteiger partial charge in [0.1, 0.15) is 0 Å². The van der Waals surface area contributed by atoms with Crippen molar-refractivity contribution < 1.29 is 9.90 Å². The van der Waals surface area contributed by atoms with Crippen molar-refractivity contribution >= 4 is 17.3 Å². The summed E-state index contributed by atoms with van der Waals surface area (Å²) in [5, 5.41) is 12.1. The Morgan fingerprint density at radius 3 is 2.59 bits per heavy atom. The number of hydrogen-bond donors (Lipinski definition) is 4. The van der Waals surface area contributed by atoms with Crippen LogP contribution in [0.25, 0.3) is 0 Å². The van der Waals surface area contributed by atoms with Crippen molar-refractivity contribution in [3.8, 4) is 0 Å². The third-order valence-electron chi connectivity index (χ3n) is 3.31. The molecule has 0 heterocycles. The van der Waals surface area contributed by atoms with Crippen molar-refractivity contribution in [3.63, 3.8) is 0 Å². The van der Waals surface area contributed by atoms with Gasteiger partial charge in [0.05, 0.1) is 17.7 Å². The van der Waals surface area contributed by atoms with Gasteiger partial charge >= 0.3 is 0 Å². The predicted octanol–water partition coefficient (Wildman–Crippen LogP) is 0.496. The lowest BCUT2D eigenvalue weighted by molar-refractivity contribution is 0.0642. The number of amides is 1. The van der Waals surface area contributed by atoms with E-state index in [1.165, 1.54) is 0 Å². The van der Waals surface area contributed by atoms with Crippen LogP contribution in [0.4, 0.5) is 11.4 Å². The Morgan fingerprint density at radius 1 is 1.41 bits per heavy atom. The highest BCUT2D eigenvalue weighted by Crippen LogP contribution is 2.31. The maximum Gasteiger partial charge on any atom is 0.253 e. The summed E-state index contributed by atoms with van der Waals surface area (Å²) in [6.07, 6.45) is 2.65. The first-order valence-electron chi connectivity index (χ1n) is 5.65. The summed E-state index contributed by atoms with van der Waals surface area (Å²) in [7, 11) is 0. The van der Waals surface area contributed by atoms with Crippen LogP contribution in [0.15, 0.2) is 18.2 Å². The van der Waals surface area contributed by atoms with Gasteiger partial charge in [-0.1, -0.05) is 0 Å². The van der Waals surface area contributed by atoms with Crippen LogP contribution in [0.2, 0.25) is 0 Å². The number of anilines is 2. The quantitative estimate of drug-likeness (QED) is 0.573.